The Hall–Kier alpha value is -2.75. The molecule has 2 aromatic carbocycles. The third kappa shape index (κ3) is 2.96. The molecule has 0 bridgehead atoms. The number of nitrogens with one attached hydrogen (secondary N) is 1. The van der Waals surface area contributed by atoms with Crippen LogP contribution in [0, 0.1) is 12.7 Å². The predicted molar refractivity (Wildman–Crippen MR) is 84.1 cm³/mol. The van der Waals surface area contributed by atoms with E-state index >= 15 is 0 Å². The van der Waals surface area contributed by atoms with E-state index in [4.69, 9.17) is 0 Å². The van der Waals surface area contributed by atoms with Crippen molar-refractivity contribution in [2.24, 2.45) is 0 Å². The minimum absolute atomic E-state index is 0.163. The van der Waals surface area contributed by atoms with Crippen LogP contribution in [0.4, 0.5) is 4.39 Å². The number of carbonyl (C=O) groups excluding carboxylic acids is 1. The topological polar surface area (TPSA) is 42.0 Å². The monoisotopic (exact) mass is 294 g/mol. The molecule has 1 N–H and O–H groups in total. The second-order valence-corrected chi connectivity index (χ2v) is 5.19. The highest BCUT2D eigenvalue weighted by molar-refractivity contribution is 5.97. The van der Waals surface area contributed by atoms with Gasteiger partial charge in [0.2, 0.25) is 0 Å². The summed E-state index contributed by atoms with van der Waals surface area (Å²) in [5.41, 5.74) is 2.70. The summed E-state index contributed by atoms with van der Waals surface area (Å²) in [4.78, 5) is 16.4. The van der Waals surface area contributed by atoms with Gasteiger partial charge in [0, 0.05) is 29.3 Å². The zero-order valence-corrected chi connectivity index (χ0v) is 12.1. The van der Waals surface area contributed by atoms with Gasteiger partial charge >= 0.3 is 0 Å². The lowest BCUT2D eigenvalue weighted by molar-refractivity contribution is 0.0950. The number of benzene rings is 2. The van der Waals surface area contributed by atoms with Crippen LogP contribution in [0.1, 0.15) is 21.5 Å². The van der Waals surface area contributed by atoms with Crippen molar-refractivity contribution in [3.8, 4) is 0 Å². The van der Waals surface area contributed by atoms with Gasteiger partial charge in [-0.1, -0.05) is 18.2 Å². The average Bonchev–Trinajstić information content (AvgIpc) is 2.53. The lowest BCUT2D eigenvalue weighted by Gasteiger charge is -2.08. The Morgan fingerprint density at radius 1 is 1.18 bits per heavy atom. The highest BCUT2D eigenvalue weighted by Crippen LogP contribution is 2.14. The van der Waals surface area contributed by atoms with E-state index in [-0.39, 0.29) is 18.3 Å². The van der Waals surface area contributed by atoms with Gasteiger partial charge in [-0.05, 0) is 42.8 Å². The maximum atomic E-state index is 13.8. The molecule has 3 nitrogen and oxygen atoms in total. The van der Waals surface area contributed by atoms with Crippen molar-refractivity contribution in [2.75, 3.05) is 0 Å². The van der Waals surface area contributed by atoms with E-state index < -0.39 is 0 Å². The Labute approximate surface area is 127 Å². The van der Waals surface area contributed by atoms with Crippen LogP contribution in [0.2, 0.25) is 0 Å². The van der Waals surface area contributed by atoms with E-state index in [1.807, 2.05) is 25.1 Å². The van der Waals surface area contributed by atoms with Gasteiger partial charge in [0.1, 0.15) is 5.82 Å². The summed E-state index contributed by atoms with van der Waals surface area (Å²) in [6.45, 7) is 1.99. The zero-order valence-electron chi connectivity index (χ0n) is 12.1. The average molecular weight is 294 g/mol. The Balaban J connectivity index is 1.75. The molecule has 22 heavy (non-hydrogen) atoms. The first kappa shape index (κ1) is 14.2. The van der Waals surface area contributed by atoms with Gasteiger partial charge in [-0.3, -0.25) is 9.78 Å². The Morgan fingerprint density at radius 2 is 2.05 bits per heavy atom. The largest absolute Gasteiger partial charge is 0.348 e. The van der Waals surface area contributed by atoms with Gasteiger partial charge in [-0.2, -0.15) is 0 Å². The molecular formula is C18H15FN2O. The standard InChI is InChI=1S/C18H15FN2O/c1-12-4-5-15(16(19)9-12)11-21-18(22)14-6-7-17-13(10-14)3-2-8-20-17/h2-10H,11H2,1H3,(H,21,22). The van der Waals surface area contributed by atoms with E-state index in [0.29, 0.717) is 11.1 Å². The van der Waals surface area contributed by atoms with Gasteiger partial charge in [0.25, 0.3) is 5.91 Å². The van der Waals surface area contributed by atoms with Crippen molar-refractivity contribution >= 4 is 16.8 Å². The molecule has 1 amide bonds. The number of hydrogen-bond donors (Lipinski definition) is 1. The first-order chi connectivity index (χ1) is 10.6. The molecule has 3 rings (SSSR count). The number of pyridine rings is 1. The Kier molecular flexibility index (Phi) is 3.83. The molecule has 1 heterocycles. The minimum Gasteiger partial charge on any atom is -0.348 e. The second kappa shape index (κ2) is 5.93. The fourth-order valence-corrected chi connectivity index (χ4v) is 2.29. The first-order valence-electron chi connectivity index (χ1n) is 7.01. The minimum atomic E-state index is -0.303. The van der Waals surface area contributed by atoms with Crippen LogP contribution in [-0.2, 0) is 6.54 Å². The lowest BCUT2D eigenvalue weighted by Crippen LogP contribution is -2.23. The molecule has 3 aromatic rings. The lowest BCUT2D eigenvalue weighted by atomic mass is 10.1. The SMILES string of the molecule is Cc1ccc(CNC(=O)c2ccc3ncccc3c2)c(F)c1. The molecular weight excluding hydrogens is 279 g/mol. The van der Waals surface area contributed by atoms with E-state index in [2.05, 4.69) is 10.3 Å². The third-order valence-electron chi connectivity index (χ3n) is 3.51. The number of halogens is 1. The second-order valence-electron chi connectivity index (χ2n) is 5.19. The molecule has 0 aliphatic carbocycles. The molecule has 1 aromatic heterocycles. The molecule has 110 valence electrons. The Bertz CT molecular complexity index is 845. The zero-order chi connectivity index (χ0) is 15.5. The maximum absolute atomic E-state index is 13.8. The van der Waals surface area contributed by atoms with Crippen LogP contribution >= 0.6 is 0 Å². The van der Waals surface area contributed by atoms with Crippen LogP contribution in [0.3, 0.4) is 0 Å². The van der Waals surface area contributed by atoms with Crippen molar-refractivity contribution in [3.63, 3.8) is 0 Å². The maximum Gasteiger partial charge on any atom is 0.251 e. The summed E-state index contributed by atoms with van der Waals surface area (Å²) in [5.74, 6) is -0.534. The van der Waals surface area contributed by atoms with E-state index in [0.717, 1.165) is 16.5 Å². The van der Waals surface area contributed by atoms with Crippen LogP contribution in [-0.4, -0.2) is 10.9 Å². The van der Waals surface area contributed by atoms with Gasteiger partial charge in [-0.25, -0.2) is 4.39 Å². The summed E-state index contributed by atoms with van der Waals surface area (Å²) >= 11 is 0. The molecule has 0 saturated carbocycles. The Morgan fingerprint density at radius 3 is 2.86 bits per heavy atom. The van der Waals surface area contributed by atoms with Crippen molar-refractivity contribution in [1.29, 1.82) is 0 Å². The van der Waals surface area contributed by atoms with Crippen molar-refractivity contribution in [3.05, 3.63) is 77.2 Å². The highest BCUT2D eigenvalue weighted by atomic mass is 19.1. The highest BCUT2D eigenvalue weighted by Gasteiger charge is 2.08. The number of fused-ring (bicyclic) bond motifs is 1. The predicted octanol–water partition coefficient (Wildman–Crippen LogP) is 3.61. The summed E-state index contributed by atoms with van der Waals surface area (Å²) < 4.78 is 13.8. The molecule has 0 radical (unpaired) electrons. The van der Waals surface area contributed by atoms with Gasteiger partial charge in [-0.15, -0.1) is 0 Å². The molecule has 0 saturated heterocycles. The fourth-order valence-electron chi connectivity index (χ4n) is 2.29. The quantitative estimate of drug-likeness (QED) is 0.801. The van der Waals surface area contributed by atoms with Crippen molar-refractivity contribution < 1.29 is 9.18 Å². The molecule has 0 spiro atoms. The van der Waals surface area contributed by atoms with Crippen LogP contribution in [0.25, 0.3) is 10.9 Å². The number of hydrogen-bond acceptors (Lipinski definition) is 2. The number of amides is 1. The first-order valence-corrected chi connectivity index (χ1v) is 7.01. The number of rotatable bonds is 3. The number of aromatic nitrogens is 1. The summed E-state index contributed by atoms with van der Waals surface area (Å²) in [6.07, 6.45) is 1.71. The van der Waals surface area contributed by atoms with E-state index in [1.54, 1.807) is 30.5 Å². The molecule has 0 aliphatic heterocycles. The fraction of sp³-hybridized carbons (Fsp3) is 0.111. The molecule has 0 fully saturated rings. The molecule has 4 heteroatoms. The van der Waals surface area contributed by atoms with Crippen LogP contribution in [0.15, 0.2) is 54.7 Å². The third-order valence-corrected chi connectivity index (χ3v) is 3.51. The molecule has 0 aliphatic rings. The number of aryl methyl sites for hydroxylation is 1. The molecule has 0 unspecified atom stereocenters. The summed E-state index contributed by atoms with van der Waals surface area (Å²) in [7, 11) is 0. The summed E-state index contributed by atoms with van der Waals surface area (Å²) in [6, 6.07) is 14.0. The van der Waals surface area contributed by atoms with Crippen LogP contribution in [0.5, 0.6) is 0 Å². The van der Waals surface area contributed by atoms with E-state index in [9.17, 15) is 9.18 Å². The number of carbonyl (C=O) groups is 1. The van der Waals surface area contributed by atoms with Gasteiger partial charge < -0.3 is 5.32 Å². The van der Waals surface area contributed by atoms with Crippen LogP contribution < -0.4 is 5.32 Å². The van der Waals surface area contributed by atoms with Gasteiger partial charge in [0.15, 0.2) is 0 Å². The van der Waals surface area contributed by atoms with Gasteiger partial charge in [0.05, 0.1) is 5.52 Å². The van der Waals surface area contributed by atoms with Crippen molar-refractivity contribution in [1.82, 2.24) is 10.3 Å². The van der Waals surface area contributed by atoms with E-state index in [1.165, 1.54) is 6.07 Å². The molecule has 0 atom stereocenters. The normalized spacial score (nSPS) is 10.6. The smallest absolute Gasteiger partial charge is 0.251 e. The summed E-state index contributed by atoms with van der Waals surface area (Å²) in [5, 5.41) is 3.64. The number of nitrogens with zero attached hydrogens (tertiary/aromatic N) is 1. The van der Waals surface area contributed by atoms with Crippen molar-refractivity contribution in [2.45, 2.75) is 13.5 Å².